The molecule has 23 heavy (non-hydrogen) atoms. The summed E-state index contributed by atoms with van der Waals surface area (Å²) in [5.74, 6) is 0.303. The van der Waals surface area contributed by atoms with Gasteiger partial charge in [0.2, 0.25) is 0 Å². The molecule has 0 aromatic heterocycles. The molecule has 0 saturated heterocycles. The van der Waals surface area contributed by atoms with Gasteiger partial charge in [-0.2, -0.15) is 0 Å². The minimum Gasteiger partial charge on any atom is -0.396 e. The van der Waals surface area contributed by atoms with Crippen LogP contribution in [0.4, 0.5) is 0 Å². The first kappa shape index (κ1) is 16.2. The predicted molar refractivity (Wildman–Crippen MR) is 95.7 cm³/mol. The molecular weight excluding hydrogens is 282 g/mol. The number of hydrogen-bond donors (Lipinski definition) is 2. The van der Waals surface area contributed by atoms with E-state index in [1.165, 1.54) is 16.7 Å². The molecule has 1 aliphatic rings. The van der Waals surface area contributed by atoms with Crippen molar-refractivity contribution >= 4 is 0 Å². The maximum absolute atomic E-state index is 9.83. The van der Waals surface area contributed by atoms with E-state index >= 15 is 0 Å². The van der Waals surface area contributed by atoms with Crippen LogP contribution >= 0.6 is 0 Å². The molecule has 2 aromatic rings. The fourth-order valence-electron chi connectivity index (χ4n) is 3.63. The number of nitrogens with one attached hydrogen (secondary N) is 1. The second kappa shape index (κ2) is 6.86. The molecule has 2 aromatic carbocycles. The molecule has 0 amide bonds. The van der Waals surface area contributed by atoms with E-state index in [1.54, 1.807) is 0 Å². The zero-order valence-electron chi connectivity index (χ0n) is 14.1. The highest BCUT2D eigenvalue weighted by atomic mass is 16.3. The van der Waals surface area contributed by atoms with E-state index in [-0.39, 0.29) is 12.0 Å². The van der Waals surface area contributed by atoms with Gasteiger partial charge in [-0.15, -0.1) is 0 Å². The molecule has 0 bridgehead atoms. The molecule has 0 heterocycles. The van der Waals surface area contributed by atoms with E-state index < -0.39 is 0 Å². The molecule has 3 rings (SSSR count). The molecule has 0 radical (unpaired) electrons. The van der Waals surface area contributed by atoms with Crippen LogP contribution in [0.1, 0.15) is 36.5 Å². The number of benzene rings is 2. The fourth-order valence-corrected chi connectivity index (χ4v) is 3.63. The van der Waals surface area contributed by atoms with Crippen LogP contribution in [0.5, 0.6) is 0 Å². The second-order valence-electron chi connectivity index (χ2n) is 7.39. The van der Waals surface area contributed by atoms with Crippen molar-refractivity contribution in [1.29, 1.82) is 0 Å². The van der Waals surface area contributed by atoms with Gasteiger partial charge in [0.1, 0.15) is 0 Å². The van der Waals surface area contributed by atoms with E-state index in [0.29, 0.717) is 12.0 Å². The average Bonchev–Trinajstić information content (AvgIpc) is 2.98. The standard InChI is InChI=1S/C21H27NO/c1-21(2,15-23)20(16-8-4-3-5-9-16)14-22-19-12-17-10-6-7-11-18(17)13-19/h3-11,19-20,22-23H,12-15H2,1-2H3. The third-order valence-corrected chi connectivity index (χ3v) is 5.21. The first-order valence-corrected chi connectivity index (χ1v) is 8.56. The Balaban J connectivity index is 1.69. The molecule has 1 aliphatic carbocycles. The van der Waals surface area contributed by atoms with Gasteiger partial charge in [0, 0.05) is 25.1 Å². The first-order chi connectivity index (χ1) is 11.1. The molecule has 2 nitrogen and oxygen atoms in total. The molecule has 1 atom stereocenters. The van der Waals surface area contributed by atoms with Gasteiger partial charge in [-0.1, -0.05) is 68.4 Å². The van der Waals surface area contributed by atoms with Crippen molar-refractivity contribution in [3.63, 3.8) is 0 Å². The predicted octanol–water partition coefficient (Wildman–Crippen LogP) is 3.55. The van der Waals surface area contributed by atoms with Crippen LogP contribution in [0.2, 0.25) is 0 Å². The molecule has 0 saturated carbocycles. The zero-order chi connectivity index (χ0) is 16.3. The Morgan fingerprint density at radius 3 is 2.13 bits per heavy atom. The third-order valence-electron chi connectivity index (χ3n) is 5.21. The summed E-state index contributed by atoms with van der Waals surface area (Å²) in [6, 6.07) is 19.8. The molecule has 0 aliphatic heterocycles. The summed E-state index contributed by atoms with van der Waals surface area (Å²) in [5.41, 5.74) is 4.11. The Morgan fingerprint density at radius 2 is 1.57 bits per heavy atom. The minimum atomic E-state index is -0.139. The maximum Gasteiger partial charge on any atom is 0.0488 e. The molecular formula is C21H27NO. The monoisotopic (exact) mass is 309 g/mol. The van der Waals surface area contributed by atoms with E-state index in [9.17, 15) is 5.11 Å². The number of aliphatic hydroxyl groups excluding tert-OH is 1. The smallest absolute Gasteiger partial charge is 0.0488 e. The van der Waals surface area contributed by atoms with E-state index in [2.05, 4.69) is 67.7 Å². The number of hydrogen-bond acceptors (Lipinski definition) is 2. The van der Waals surface area contributed by atoms with Crippen molar-refractivity contribution in [2.24, 2.45) is 5.41 Å². The Kier molecular flexibility index (Phi) is 4.84. The van der Waals surface area contributed by atoms with Gasteiger partial charge in [-0.05, 0) is 34.9 Å². The van der Waals surface area contributed by atoms with Crippen molar-refractivity contribution in [3.05, 3.63) is 71.3 Å². The Hall–Kier alpha value is -1.64. The largest absolute Gasteiger partial charge is 0.396 e. The lowest BCUT2D eigenvalue weighted by Crippen LogP contribution is -2.39. The van der Waals surface area contributed by atoms with Crippen molar-refractivity contribution < 1.29 is 5.11 Å². The fraction of sp³-hybridized carbons (Fsp3) is 0.429. The second-order valence-corrected chi connectivity index (χ2v) is 7.39. The zero-order valence-corrected chi connectivity index (χ0v) is 14.1. The lowest BCUT2D eigenvalue weighted by Gasteiger charge is -2.34. The van der Waals surface area contributed by atoms with Crippen molar-refractivity contribution in [1.82, 2.24) is 5.32 Å². The summed E-state index contributed by atoms with van der Waals surface area (Å²) in [7, 11) is 0. The van der Waals surface area contributed by atoms with E-state index in [1.807, 2.05) is 6.07 Å². The average molecular weight is 309 g/mol. The molecule has 1 unspecified atom stereocenters. The minimum absolute atomic E-state index is 0.139. The number of aliphatic hydroxyl groups is 1. The maximum atomic E-state index is 9.83. The van der Waals surface area contributed by atoms with Gasteiger partial charge in [0.05, 0.1) is 0 Å². The summed E-state index contributed by atoms with van der Waals surface area (Å²) in [6.45, 7) is 5.39. The van der Waals surface area contributed by atoms with Crippen LogP contribution in [0.15, 0.2) is 54.6 Å². The SMILES string of the molecule is CC(C)(CO)C(CNC1Cc2ccccc2C1)c1ccccc1. The molecule has 2 heteroatoms. The molecule has 0 fully saturated rings. The topological polar surface area (TPSA) is 32.3 Å². The molecule has 2 N–H and O–H groups in total. The Morgan fingerprint density at radius 1 is 1.00 bits per heavy atom. The van der Waals surface area contributed by atoms with Gasteiger partial charge in [-0.25, -0.2) is 0 Å². The van der Waals surface area contributed by atoms with Crippen LogP contribution in [0, 0.1) is 5.41 Å². The van der Waals surface area contributed by atoms with Crippen LogP contribution in [0.3, 0.4) is 0 Å². The van der Waals surface area contributed by atoms with Gasteiger partial charge >= 0.3 is 0 Å². The van der Waals surface area contributed by atoms with E-state index in [0.717, 1.165) is 19.4 Å². The summed E-state index contributed by atoms with van der Waals surface area (Å²) >= 11 is 0. The summed E-state index contributed by atoms with van der Waals surface area (Å²) in [4.78, 5) is 0. The lowest BCUT2D eigenvalue weighted by molar-refractivity contribution is 0.127. The normalized spacial score (nSPS) is 16.3. The molecule has 0 spiro atoms. The lowest BCUT2D eigenvalue weighted by atomic mass is 9.75. The van der Waals surface area contributed by atoms with Crippen LogP contribution in [-0.4, -0.2) is 24.3 Å². The third kappa shape index (κ3) is 3.65. The van der Waals surface area contributed by atoms with Crippen molar-refractivity contribution in [2.75, 3.05) is 13.2 Å². The number of rotatable bonds is 6. The summed E-state index contributed by atoms with van der Waals surface area (Å²) < 4.78 is 0. The summed E-state index contributed by atoms with van der Waals surface area (Å²) in [5, 5.41) is 13.6. The highest BCUT2D eigenvalue weighted by Gasteiger charge is 2.31. The van der Waals surface area contributed by atoms with Crippen molar-refractivity contribution in [3.8, 4) is 0 Å². The Labute approximate surface area is 139 Å². The Bertz CT molecular complexity index is 610. The number of fused-ring (bicyclic) bond motifs is 1. The molecule has 122 valence electrons. The van der Waals surface area contributed by atoms with Crippen LogP contribution in [-0.2, 0) is 12.8 Å². The van der Waals surface area contributed by atoms with Crippen molar-refractivity contribution in [2.45, 2.75) is 38.6 Å². The van der Waals surface area contributed by atoms with Crippen LogP contribution < -0.4 is 5.32 Å². The van der Waals surface area contributed by atoms with Gasteiger partial charge in [0.25, 0.3) is 0 Å². The quantitative estimate of drug-likeness (QED) is 0.855. The first-order valence-electron chi connectivity index (χ1n) is 8.56. The summed E-state index contributed by atoms with van der Waals surface area (Å²) in [6.07, 6.45) is 2.22. The van der Waals surface area contributed by atoms with Gasteiger partial charge in [-0.3, -0.25) is 0 Å². The van der Waals surface area contributed by atoms with Crippen LogP contribution in [0.25, 0.3) is 0 Å². The van der Waals surface area contributed by atoms with E-state index in [4.69, 9.17) is 0 Å². The van der Waals surface area contributed by atoms with Gasteiger partial charge < -0.3 is 10.4 Å². The van der Waals surface area contributed by atoms with Gasteiger partial charge in [0.15, 0.2) is 0 Å². The highest BCUT2D eigenvalue weighted by molar-refractivity contribution is 5.33. The highest BCUT2D eigenvalue weighted by Crippen LogP contribution is 2.35.